The molecule has 8 heteroatoms. The summed E-state index contributed by atoms with van der Waals surface area (Å²) in [6.07, 6.45) is 0.577. The van der Waals surface area contributed by atoms with Crippen molar-refractivity contribution in [2.75, 3.05) is 13.1 Å². The predicted octanol–water partition coefficient (Wildman–Crippen LogP) is 2.67. The quantitative estimate of drug-likeness (QED) is 0.431. The molecule has 0 aliphatic rings. The van der Waals surface area contributed by atoms with E-state index in [0.717, 1.165) is 11.3 Å². The fourth-order valence-corrected chi connectivity index (χ4v) is 2.58. The van der Waals surface area contributed by atoms with Crippen molar-refractivity contribution >= 4 is 23.4 Å². The van der Waals surface area contributed by atoms with E-state index in [2.05, 4.69) is 25.8 Å². The van der Waals surface area contributed by atoms with Gasteiger partial charge in [-0.1, -0.05) is 48.0 Å². The SMILES string of the molecule is O=C(NCCCNC(=O)c1cccc(Cl)n1)c1cc(-c2ccccc2)[nH]n1. The molecule has 0 aliphatic heterocycles. The van der Waals surface area contributed by atoms with Crippen LogP contribution in [-0.2, 0) is 0 Å². The summed E-state index contributed by atoms with van der Waals surface area (Å²) in [6.45, 7) is 0.818. The number of halogens is 1. The number of aromatic nitrogens is 3. The third-order valence-electron chi connectivity index (χ3n) is 3.77. The van der Waals surface area contributed by atoms with Crippen molar-refractivity contribution in [3.8, 4) is 11.3 Å². The van der Waals surface area contributed by atoms with Gasteiger partial charge in [0, 0.05) is 13.1 Å². The van der Waals surface area contributed by atoms with E-state index in [0.29, 0.717) is 25.2 Å². The Bertz CT molecular complexity index is 927. The minimum absolute atomic E-state index is 0.261. The van der Waals surface area contributed by atoms with Crippen LogP contribution >= 0.6 is 11.6 Å². The van der Waals surface area contributed by atoms with Gasteiger partial charge in [-0.25, -0.2) is 4.98 Å². The minimum atomic E-state index is -0.302. The zero-order valence-corrected chi connectivity index (χ0v) is 15.2. The predicted molar refractivity (Wildman–Crippen MR) is 103 cm³/mol. The molecule has 7 nitrogen and oxygen atoms in total. The molecule has 27 heavy (non-hydrogen) atoms. The molecule has 138 valence electrons. The number of carbonyl (C=O) groups is 2. The summed E-state index contributed by atoms with van der Waals surface area (Å²) in [7, 11) is 0. The van der Waals surface area contributed by atoms with Crippen LogP contribution in [-0.4, -0.2) is 40.1 Å². The van der Waals surface area contributed by atoms with E-state index in [4.69, 9.17) is 11.6 Å². The second-order valence-corrected chi connectivity index (χ2v) is 6.13. The van der Waals surface area contributed by atoms with E-state index >= 15 is 0 Å². The molecule has 0 atom stereocenters. The van der Waals surface area contributed by atoms with E-state index in [1.54, 1.807) is 24.3 Å². The van der Waals surface area contributed by atoms with Crippen LogP contribution < -0.4 is 10.6 Å². The molecule has 2 amide bonds. The lowest BCUT2D eigenvalue weighted by molar-refractivity contribution is 0.0946. The number of amides is 2. The summed E-state index contributed by atoms with van der Waals surface area (Å²) in [4.78, 5) is 28.0. The maximum Gasteiger partial charge on any atom is 0.271 e. The number of carbonyl (C=O) groups excluding carboxylic acids is 2. The number of benzene rings is 1. The van der Waals surface area contributed by atoms with Crippen molar-refractivity contribution in [3.05, 3.63) is 71.1 Å². The van der Waals surface area contributed by atoms with Crippen molar-refractivity contribution < 1.29 is 9.59 Å². The standard InChI is InChI=1S/C19H18ClN5O2/c20-17-9-4-8-14(23-17)18(26)21-10-5-11-22-19(27)16-12-15(24-25-16)13-6-2-1-3-7-13/h1-4,6-9,12H,5,10-11H2,(H,21,26)(H,22,27)(H,24,25). The molecular weight excluding hydrogens is 366 g/mol. The van der Waals surface area contributed by atoms with Crippen LogP contribution in [0.15, 0.2) is 54.6 Å². The van der Waals surface area contributed by atoms with Crippen LogP contribution in [0.1, 0.15) is 27.4 Å². The third-order valence-corrected chi connectivity index (χ3v) is 3.98. The smallest absolute Gasteiger partial charge is 0.271 e. The summed E-state index contributed by atoms with van der Waals surface area (Å²) in [6, 6.07) is 16.2. The Kier molecular flexibility index (Phi) is 6.17. The van der Waals surface area contributed by atoms with Crippen LogP contribution in [0.4, 0.5) is 0 Å². The van der Waals surface area contributed by atoms with Gasteiger partial charge in [0.05, 0.1) is 5.69 Å². The van der Waals surface area contributed by atoms with Crippen LogP contribution in [0.25, 0.3) is 11.3 Å². The molecule has 0 aliphatic carbocycles. The second kappa shape index (κ2) is 8.95. The average molecular weight is 384 g/mol. The lowest BCUT2D eigenvalue weighted by atomic mass is 10.1. The number of aromatic amines is 1. The van der Waals surface area contributed by atoms with Gasteiger partial charge in [0.25, 0.3) is 11.8 Å². The van der Waals surface area contributed by atoms with Gasteiger partial charge in [0.1, 0.15) is 10.8 Å². The molecule has 0 spiro atoms. The first-order chi connectivity index (χ1) is 13.1. The molecule has 3 aromatic rings. The maximum absolute atomic E-state index is 12.1. The van der Waals surface area contributed by atoms with Crippen molar-refractivity contribution in [3.63, 3.8) is 0 Å². The molecule has 0 bridgehead atoms. The zero-order valence-electron chi connectivity index (χ0n) is 14.4. The van der Waals surface area contributed by atoms with E-state index in [1.165, 1.54) is 0 Å². The first kappa shape index (κ1) is 18.6. The second-order valence-electron chi connectivity index (χ2n) is 5.74. The highest BCUT2D eigenvalue weighted by atomic mass is 35.5. The van der Waals surface area contributed by atoms with Crippen LogP contribution in [0, 0.1) is 0 Å². The van der Waals surface area contributed by atoms with Gasteiger partial charge in [-0.15, -0.1) is 0 Å². The highest BCUT2D eigenvalue weighted by Gasteiger charge is 2.11. The highest BCUT2D eigenvalue weighted by Crippen LogP contribution is 2.16. The lowest BCUT2D eigenvalue weighted by Gasteiger charge is -2.05. The van der Waals surface area contributed by atoms with Crippen molar-refractivity contribution in [1.29, 1.82) is 0 Å². The number of hydrogen-bond acceptors (Lipinski definition) is 4. The fourth-order valence-electron chi connectivity index (χ4n) is 2.41. The van der Waals surface area contributed by atoms with Gasteiger partial charge in [-0.05, 0) is 30.2 Å². The van der Waals surface area contributed by atoms with Crippen molar-refractivity contribution in [2.45, 2.75) is 6.42 Å². The van der Waals surface area contributed by atoms with Gasteiger partial charge in [0.15, 0.2) is 5.69 Å². The number of hydrogen-bond donors (Lipinski definition) is 3. The normalized spacial score (nSPS) is 10.4. The van der Waals surface area contributed by atoms with E-state index in [-0.39, 0.29) is 22.7 Å². The largest absolute Gasteiger partial charge is 0.351 e. The molecule has 3 N–H and O–H groups in total. The summed E-state index contributed by atoms with van der Waals surface area (Å²) in [5, 5.41) is 12.7. The number of pyridine rings is 1. The lowest BCUT2D eigenvalue weighted by Crippen LogP contribution is -2.30. The van der Waals surface area contributed by atoms with Gasteiger partial charge in [0.2, 0.25) is 0 Å². The molecule has 3 rings (SSSR count). The summed E-state index contributed by atoms with van der Waals surface area (Å²) in [5.41, 5.74) is 2.32. The summed E-state index contributed by atoms with van der Waals surface area (Å²) < 4.78 is 0. The minimum Gasteiger partial charge on any atom is -0.351 e. The van der Waals surface area contributed by atoms with Crippen LogP contribution in [0.3, 0.4) is 0 Å². The molecule has 0 unspecified atom stereocenters. The summed E-state index contributed by atoms with van der Waals surface area (Å²) >= 11 is 5.76. The highest BCUT2D eigenvalue weighted by molar-refractivity contribution is 6.29. The molecule has 2 heterocycles. The van der Waals surface area contributed by atoms with Crippen LogP contribution in [0.2, 0.25) is 5.15 Å². The van der Waals surface area contributed by atoms with Gasteiger partial charge in [-0.3, -0.25) is 14.7 Å². The average Bonchev–Trinajstić information content (AvgIpc) is 3.18. The molecule has 0 saturated carbocycles. The number of nitrogens with one attached hydrogen (secondary N) is 3. The van der Waals surface area contributed by atoms with Gasteiger partial charge < -0.3 is 10.6 Å². The number of H-pyrrole nitrogens is 1. The Balaban J connectivity index is 1.41. The third kappa shape index (κ3) is 5.15. The van der Waals surface area contributed by atoms with E-state index in [1.807, 2.05) is 30.3 Å². The van der Waals surface area contributed by atoms with E-state index < -0.39 is 0 Å². The Hall–Kier alpha value is -3.19. The van der Waals surface area contributed by atoms with E-state index in [9.17, 15) is 9.59 Å². The molecule has 0 fully saturated rings. The van der Waals surface area contributed by atoms with Gasteiger partial charge in [-0.2, -0.15) is 5.10 Å². The Labute approximate surface area is 161 Å². The van der Waals surface area contributed by atoms with Crippen molar-refractivity contribution in [1.82, 2.24) is 25.8 Å². The van der Waals surface area contributed by atoms with Crippen LogP contribution in [0.5, 0.6) is 0 Å². The topological polar surface area (TPSA) is 99.8 Å². The Morgan fingerprint density at radius 2 is 1.63 bits per heavy atom. The van der Waals surface area contributed by atoms with Gasteiger partial charge >= 0.3 is 0 Å². The summed E-state index contributed by atoms with van der Waals surface area (Å²) in [5.74, 6) is -0.570. The molecule has 0 saturated heterocycles. The Morgan fingerprint density at radius 1 is 0.926 bits per heavy atom. The fraction of sp³-hybridized carbons (Fsp3) is 0.158. The van der Waals surface area contributed by atoms with Crippen molar-refractivity contribution in [2.24, 2.45) is 0 Å². The molecule has 1 aromatic carbocycles. The maximum atomic E-state index is 12.1. The number of nitrogens with zero attached hydrogens (tertiary/aromatic N) is 2. The zero-order chi connectivity index (χ0) is 19.1. The first-order valence-corrected chi connectivity index (χ1v) is 8.81. The number of rotatable bonds is 7. The molecule has 2 aromatic heterocycles. The molecular formula is C19H18ClN5O2. The molecule has 0 radical (unpaired) electrons. The first-order valence-electron chi connectivity index (χ1n) is 8.43. The monoisotopic (exact) mass is 383 g/mol. The Morgan fingerprint density at radius 3 is 2.33 bits per heavy atom.